The molecule has 2 aromatic carbocycles. The summed E-state index contributed by atoms with van der Waals surface area (Å²) in [7, 11) is 1.54. The third kappa shape index (κ3) is 3.65. The monoisotopic (exact) mass is 314 g/mol. The smallest absolute Gasteiger partial charge is 0.204 e. The minimum Gasteiger partial charge on any atom is -0.493 e. The summed E-state index contributed by atoms with van der Waals surface area (Å²) in [5, 5.41) is 0. The highest BCUT2D eigenvalue weighted by atomic mass is 16.5. The highest BCUT2D eigenvalue weighted by molar-refractivity contribution is 5.78. The van der Waals surface area contributed by atoms with Crippen molar-refractivity contribution in [3.63, 3.8) is 0 Å². The lowest BCUT2D eigenvalue weighted by Gasteiger charge is -2.17. The highest BCUT2D eigenvalue weighted by Crippen LogP contribution is 2.41. The molecule has 0 aliphatic heterocycles. The molecule has 0 fully saturated rings. The summed E-state index contributed by atoms with van der Waals surface area (Å²) in [4.78, 5) is 11.2. The molecule has 0 amide bonds. The van der Waals surface area contributed by atoms with Gasteiger partial charge in [-0.15, -0.1) is 0 Å². The first kappa shape index (κ1) is 16.9. The van der Waals surface area contributed by atoms with Crippen molar-refractivity contribution >= 4 is 6.29 Å². The summed E-state index contributed by atoms with van der Waals surface area (Å²) in [5.74, 6) is 2.20. The van der Waals surface area contributed by atoms with Gasteiger partial charge in [0.05, 0.1) is 13.7 Å². The maximum absolute atomic E-state index is 11.2. The molecule has 23 heavy (non-hydrogen) atoms. The maximum atomic E-state index is 11.2. The molecule has 0 bridgehead atoms. The number of methoxy groups -OCH3 is 1. The lowest BCUT2D eigenvalue weighted by Crippen LogP contribution is -2.01. The van der Waals surface area contributed by atoms with E-state index in [9.17, 15) is 4.79 Å². The molecule has 0 saturated heterocycles. The highest BCUT2D eigenvalue weighted by Gasteiger charge is 2.16. The van der Waals surface area contributed by atoms with Crippen molar-refractivity contribution in [2.75, 3.05) is 13.7 Å². The molecule has 122 valence electrons. The van der Waals surface area contributed by atoms with E-state index in [1.807, 2.05) is 33.8 Å². The second-order valence-corrected chi connectivity index (χ2v) is 5.41. The number of aldehydes is 1. The predicted molar refractivity (Wildman–Crippen MR) is 90.3 cm³/mol. The average Bonchev–Trinajstić information content (AvgIpc) is 2.53. The SMILES string of the molecule is CCOc1c(OC)cc(C=O)cc1Oc1cc(C)cc(C)c1C. The number of hydrogen-bond donors (Lipinski definition) is 0. The molecule has 0 atom stereocenters. The Hall–Kier alpha value is -2.49. The summed E-state index contributed by atoms with van der Waals surface area (Å²) < 4.78 is 17.1. The molecule has 4 heteroatoms. The van der Waals surface area contributed by atoms with Crippen molar-refractivity contribution in [3.8, 4) is 23.0 Å². The Labute approximate surface area is 137 Å². The summed E-state index contributed by atoms with van der Waals surface area (Å²) in [6.07, 6.45) is 0.763. The Morgan fingerprint density at radius 1 is 1.00 bits per heavy atom. The zero-order valence-corrected chi connectivity index (χ0v) is 14.2. The van der Waals surface area contributed by atoms with Crippen LogP contribution < -0.4 is 14.2 Å². The molecule has 2 aromatic rings. The van der Waals surface area contributed by atoms with E-state index in [1.165, 1.54) is 7.11 Å². The third-order valence-corrected chi connectivity index (χ3v) is 3.67. The Morgan fingerprint density at radius 3 is 2.30 bits per heavy atom. The molecule has 0 N–H and O–H groups in total. The summed E-state index contributed by atoms with van der Waals surface area (Å²) in [6.45, 7) is 8.43. The van der Waals surface area contributed by atoms with Crippen molar-refractivity contribution in [1.82, 2.24) is 0 Å². The lowest BCUT2D eigenvalue weighted by molar-refractivity contribution is 0.112. The number of rotatable bonds is 6. The van der Waals surface area contributed by atoms with E-state index < -0.39 is 0 Å². The lowest BCUT2D eigenvalue weighted by atomic mass is 10.1. The van der Waals surface area contributed by atoms with Crippen LogP contribution in [0.25, 0.3) is 0 Å². The van der Waals surface area contributed by atoms with Gasteiger partial charge in [-0.2, -0.15) is 0 Å². The molecule has 0 aromatic heterocycles. The molecule has 0 unspecified atom stereocenters. The van der Waals surface area contributed by atoms with Gasteiger partial charge in [0, 0.05) is 5.56 Å². The van der Waals surface area contributed by atoms with Gasteiger partial charge >= 0.3 is 0 Å². The molecule has 0 spiro atoms. The summed E-state index contributed by atoms with van der Waals surface area (Å²) >= 11 is 0. The minimum atomic E-state index is 0.471. The van der Waals surface area contributed by atoms with Crippen molar-refractivity contribution < 1.29 is 19.0 Å². The van der Waals surface area contributed by atoms with Crippen molar-refractivity contribution in [1.29, 1.82) is 0 Å². The zero-order valence-electron chi connectivity index (χ0n) is 14.2. The van der Waals surface area contributed by atoms with E-state index in [-0.39, 0.29) is 0 Å². The first-order valence-electron chi connectivity index (χ1n) is 7.55. The van der Waals surface area contributed by atoms with Crippen LogP contribution in [-0.2, 0) is 0 Å². The van der Waals surface area contributed by atoms with Gasteiger partial charge in [-0.1, -0.05) is 6.07 Å². The fraction of sp³-hybridized carbons (Fsp3) is 0.316. The fourth-order valence-corrected chi connectivity index (χ4v) is 2.40. The van der Waals surface area contributed by atoms with E-state index in [0.29, 0.717) is 29.4 Å². The van der Waals surface area contributed by atoms with Gasteiger partial charge in [-0.05, 0) is 62.6 Å². The number of hydrogen-bond acceptors (Lipinski definition) is 4. The summed E-state index contributed by atoms with van der Waals surface area (Å²) in [5.41, 5.74) is 3.78. The molecule has 0 heterocycles. The second kappa shape index (κ2) is 7.18. The Bertz CT molecular complexity index is 720. The number of aryl methyl sites for hydroxylation is 2. The Kier molecular flexibility index (Phi) is 5.27. The van der Waals surface area contributed by atoms with Crippen molar-refractivity contribution in [3.05, 3.63) is 46.5 Å². The number of carbonyl (C=O) groups excluding carboxylic acids is 1. The summed E-state index contributed by atoms with van der Waals surface area (Å²) in [6, 6.07) is 7.38. The molecule has 0 aliphatic rings. The van der Waals surface area contributed by atoms with Gasteiger partial charge in [0.15, 0.2) is 11.5 Å². The van der Waals surface area contributed by atoms with Crippen LogP contribution in [0.5, 0.6) is 23.0 Å². The van der Waals surface area contributed by atoms with Crippen LogP contribution in [0.15, 0.2) is 24.3 Å². The molecular formula is C19H22O4. The largest absolute Gasteiger partial charge is 0.493 e. The normalized spacial score (nSPS) is 10.3. The number of ether oxygens (including phenoxy) is 3. The molecule has 4 nitrogen and oxygen atoms in total. The van der Waals surface area contributed by atoms with Crippen LogP contribution in [0.4, 0.5) is 0 Å². The zero-order chi connectivity index (χ0) is 17.0. The van der Waals surface area contributed by atoms with Crippen LogP contribution in [0, 0.1) is 20.8 Å². The van der Waals surface area contributed by atoms with E-state index in [4.69, 9.17) is 14.2 Å². The molecular weight excluding hydrogens is 292 g/mol. The van der Waals surface area contributed by atoms with E-state index >= 15 is 0 Å². The minimum absolute atomic E-state index is 0.471. The predicted octanol–water partition coefficient (Wildman–Crippen LogP) is 4.62. The van der Waals surface area contributed by atoms with Crippen LogP contribution in [0.2, 0.25) is 0 Å². The van der Waals surface area contributed by atoms with Gasteiger partial charge in [0.25, 0.3) is 0 Å². The van der Waals surface area contributed by atoms with Crippen LogP contribution in [0.1, 0.15) is 34.0 Å². The standard InChI is InChI=1S/C19H22O4/c1-6-22-19-17(21-5)9-15(11-20)10-18(19)23-16-8-12(2)7-13(3)14(16)4/h7-11H,6H2,1-5H3. The van der Waals surface area contributed by atoms with Crippen molar-refractivity contribution in [2.45, 2.75) is 27.7 Å². The topological polar surface area (TPSA) is 44.8 Å². The van der Waals surface area contributed by atoms with Gasteiger partial charge in [0.1, 0.15) is 12.0 Å². The van der Waals surface area contributed by atoms with E-state index in [2.05, 4.69) is 6.07 Å². The van der Waals surface area contributed by atoms with Crippen LogP contribution >= 0.6 is 0 Å². The molecule has 0 aliphatic carbocycles. The molecule has 0 radical (unpaired) electrons. The average molecular weight is 314 g/mol. The van der Waals surface area contributed by atoms with E-state index in [0.717, 1.165) is 28.7 Å². The quantitative estimate of drug-likeness (QED) is 0.730. The Balaban J connectivity index is 2.55. The van der Waals surface area contributed by atoms with Gasteiger partial charge in [-0.3, -0.25) is 4.79 Å². The Morgan fingerprint density at radius 2 is 1.70 bits per heavy atom. The van der Waals surface area contributed by atoms with Gasteiger partial charge < -0.3 is 14.2 Å². The molecule has 2 rings (SSSR count). The molecule has 0 saturated carbocycles. The van der Waals surface area contributed by atoms with Crippen LogP contribution in [0.3, 0.4) is 0 Å². The van der Waals surface area contributed by atoms with Crippen molar-refractivity contribution in [2.24, 2.45) is 0 Å². The second-order valence-electron chi connectivity index (χ2n) is 5.41. The van der Waals surface area contributed by atoms with E-state index in [1.54, 1.807) is 12.1 Å². The first-order chi connectivity index (χ1) is 11.0. The van der Waals surface area contributed by atoms with Gasteiger partial charge in [-0.25, -0.2) is 0 Å². The van der Waals surface area contributed by atoms with Crippen LogP contribution in [-0.4, -0.2) is 20.0 Å². The number of carbonyl (C=O) groups is 1. The fourth-order valence-electron chi connectivity index (χ4n) is 2.40. The van der Waals surface area contributed by atoms with Gasteiger partial charge in [0.2, 0.25) is 5.75 Å². The third-order valence-electron chi connectivity index (χ3n) is 3.67. The number of benzene rings is 2. The first-order valence-corrected chi connectivity index (χ1v) is 7.55. The maximum Gasteiger partial charge on any atom is 0.204 e.